The number of aliphatic hydroxyl groups excluding tert-OH is 2. The van der Waals surface area contributed by atoms with Crippen molar-refractivity contribution in [2.45, 2.75) is 341 Å². The highest BCUT2D eigenvalue weighted by atomic mass is 16.5. The van der Waals surface area contributed by atoms with Gasteiger partial charge in [0, 0.05) is 6.42 Å². The Labute approximate surface area is 387 Å². The normalized spacial score (nSPS) is 13.0. The lowest BCUT2D eigenvalue weighted by atomic mass is 10.0. The topological polar surface area (TPSA) is 95.9 Å². The molecule has 0 radical (unpaired) electrons. The van der Waals surface area contributed by atoms with Crippen molar-refractivity contribution >= 4 is 11.9 Å². The van der Waals surface area contributed by atoms with Crippen LogP contribution < -0.4 is 5.32 Å². The van der Waals surface area contributed by atoms with Gasteiger partial charge in [-0.15, -0.1) is 0 Å². The number of hydrogen-bond donors (Lipinski definition) is 3. The van der Waals surface area contributed by atoms with Gasteiger partial charge in [-0.05, 0) is 25.7 Å². The molecule has 3 atom stereocenters. The van der Waals surface area contributed by atoms with Crippen LogP contribution in [0.15, 0.2) is 0 Å². The zero-order valence-corrected chi connectivity index (χ0v) is 42.3. The summed E-state index contributed by atoms with van der Waals surface area (Å²) in [4.78, 5) is 26.1. The van der Waals surface area contributed by atoms with E-state index >= 15 is 0 Å². The van der Waals surface area contributed by atoms with Gasteiger partial charge >= 0.3 is 5.97 Å². The highest BCUT2D eigenvalue weighted by Crippen LogP contribution is 2.19. The molecule has 6 heteroatoms. The molecule has 0 spiro atoms. The lowest BCUT2D eigenvalue weighted by Gasteiger charge is -2.24. The molecule has 1 amide bonds. The van der Waals surface area contributed by atoms with Gasteiger partial charge in [0.25, 0.3) is 0 Å². The lowest BCUT2D eigenvalue weighted by molar-refractivity contribution is -0.151. The summed E-state index contributed by atoms with van der Waals surface area (Å²) in [6.07, 6.45) is 56.0. The molecule has 0 saturated carbocycles. The maximum Gasteiger partial charge on any atom is 0.306 e. The highest BCUT2D eigenvalue weighted by molar-refractivity contribution is 5.77. The molecular formula is C56H111NO5. The minimum absolute atomic E-state index is 0.0880. The largest absolute Gasteiger partial charge is 0.462 e. The van der Waals surface area contributed by atoms with Crippen LogP contribution in [0.25, 0.3) is 0 Å². The zero-order chi connectivity index (χ0) is 45.2. The second-order valence-corrected chi connectivity index (χ2v) is 19.7. The number of ether oxygens (including phenoxy) is 1. The molecule has 0 rings (SSSR count). The predicted octanol–water partition coefficient (Wildman–Crippen LogP) is 17.1. The van der Waals surface area contributed by atoms with Gasteiger partial charge in [0.2, 0.25) is 5.91 Å². The first kappa shape index (κ1) is 60.9. The van der Waals surface area contributed by atoms with E-state index in [2.05, 4.69) is 26.1 Å². The van der Waals surface area contributed by atoms with Crippen molar-refractivity contribution in [3.8, 4) is 0 Å². The molecule has 3 N–H and O–H groups in total. The fourth-order valence-corrected chi connectivity index (χ4v) is 9.14. The first-order valence-corrected chi connectivity index (χ1v) is 28.3. The fourth-order valence-electron chi connectivity index (χ4n) is 9.14. The Morgan fingerprint density at radius 1 is 0.403 bits per heavy atom. The van der Waals surface area contributed by atoms with E-state index < -0.39 is 18.2 Å². The number of hydrogen-bond acceptors (Lipinski definition) is 5. The number of rotatable bonds is 52. The summed E-state index contributed by atoms with van der Waals surface area (Å²) in [5.41, 5.74) is 0. The van der Waals surface area contributed by atoms with Crippen molar-refractivity contribution in [2.24, 2.45) is 0 Å². The summed E-state index contributed by atoms with van der Waals surface area (Å²) in [6, 6.07) is -0.692. The number of nitrogens with one attached hydrogen (secondary N) is 1. The van der Waals surface area contributed by atoms with Gasteiger partial charge in [-0.3, -0.25) is 9.59 Å². The van der Waals surface area contributed by atoms with Crippen LogP contribution in [-0.2, 0) is 14.3 Å². The van der Waals surface area contributed by atoms with Crippen molar-refractivity contribution in [1.29, 1.82) is 0 Å². The zero-order valence-electron chi connectivity index (χ0n) is 42.3. The van der Waals surface area contributed by atoms with E-state index in [-0.39, 0.29) is 24.9 Å². The minimum Gasteiger partial charge on any atom is -0.462 e. The summed E-state index contributed by atoms with van der Waals surface area (Å²) in [7, 11) is 0. The minimum atomic E-state index is -0.780. The summed E-state index contributed by atoms with van der Waals surface area (Å²) in [5, 5.41) is 23.9. The molecule has 3 unspecified atom stereocenters. The molecule has 62 heavy (non-hydrogen) atoms. The Balaban J connectivity index is 4.40. The predicted molar refractivity (Wildman–Crippen MR) is 269 cm³/mol. The molecule has 0 aromatic rings. The van der Waals surface area contributed by atoms with Gasteiger partial charge in [-0.2, -0.15) is 0 Å². The van der Waals surface area contributed by atoms with Gasteiger partial charge in [0.15, 0.2) is 0 Å². The molecule has 0 aliphatic rings. The van der Waals surface area contributed by atoms with Gasteiger partial charge in [-0.1, -0.05) is 284 Å². The monoisotopic (exact) mass is 878 g/mol. The molecule has 0 heterocycles. The van der Waals surface area contributed by atoms with E-state index in [4.69, 9.17) is 4.74 Å². The number of esters is 1. The molecular weight excluding hydrogens is 767 g/mol. The Morgan fingerprint density at radius 2 is 0.677 bits per heavy atom. The van der Waals surface area contributed by atoms with Crippen LogP contribution in [0, 0.1) is 0 Å². The second-order valence-electron chi connectivity index (χ2n) is 19.7. The van der Waals surface area contributed by atoms with Crippen LogP contribution in [0.4, 0.5) is 0 Å². The van der Waals surface area contributed by atoms with Crippen LogP contribution in [0.3, 0.4) is 0 Å². The van der Waals surface area contributed by atoms with Crippen molar-refractivity contribution < 1.29 is 24.5 Å². The van der Waals surface area contributed by atoms with Gasteiger partial charge < -0.3 is 20.3 Å². The number of carbonyl (C=O) groups excluding carboxylic acids is 2. The third-order valence-electron chi connectivity index (χ3n) is 13.4. The molecule has 0 saturated heterocycles. The lowest BCUT2D eigenvalue weighted by Crippen LogP contribution is -2.46. The third kappa shape index (κ3) is 45.4. The molecule has 0 aliphatic heterocycles. The van der Waals surface area contributed by atoms with Gasteiger partial charge in [-0.25, -0.2) is 0 Å². The first-order chi connectivity index (χ1) is 30.5. The maximum atomic E-state index is 13.2. The van der Waals surface area contributed by atoms with Crippen LogP contribution in [0.1, 0.15) is 323 Å². The summed E-state index contributed by atoms with van der Waals surface area (Å²) in [6.45, 7) is 6.52. The van der Waals surface area contributed by atoms with E-state index in [1.54, 1.807) is 0 Å². The van der Waals surface area contributed by atoms with E-state index in [0.717, 1.165) is 44.9 Å². The number of unbranched alkanes of at least 4 members (excludes halogenated alkanes) is 40. The van der Waals surface area contributed by atoms with Crippen molar-refractivity contribution in [1.82, 2.24) is 5.32 Å². The average Bonchev–Trinajstić information content (AvgIpc) is 3.26. The van der Waals surface area contributed by atoms with Gasteiger partial charge in [0.05, 0.1) is 25.2 Å². The van der Waals surface area contributed by atoms with E-state index in [0.29, 0.717) is 19.3 Å². The van der Waals surface area contributed by atoms with Crippen molar-refractivity contribution in [3.05, 3.63) is 0 Å². The summed E-state index contributed by atoms with van der Waals surface area (Å²) in [5.74, 6) is -0.450. The van der Waals surface area contributed by atoms with E-state index in [1.807, 2.05) is 0 Å². The van der Waals surface area contributed by atoms with Crippen LogP contribution in [0.2, 0.25) is 0 Å². The van der Waals surface area contributed by atoms with Crippen LogP contribution in [0.5, 0.6) is 0 Å². The molecule has 0 aromatic carbocycles. The van der Waals surface area contributed by atoms with Gasteiger partial charge in [0.1, 0.15) is 6.10 Å². The molecule has 0 bridgehead atoms. The summed E-state index contributed by atoms with van der Waals surface area (Å²) < 4.78 is 5.94. The standard InChI is InChI=1S/C56H111NO5/c1-4-7-10-13-16-19-21-23-25-27-29-31-33-36-38-41-44-47-52(62-56(61)49-46-43-40-35-18-15-12-9-6-3)50-55(60)57-53(51-58)54(59)48-45-42-39-37-34-32-30-28-26-24-22-20-17-14-11-8-5-2/h52-54,58-59H,4-51H2,1-3H3,(H,57,60). The molecule has 0 aromatic heterocycles. The van der Waals surface area contributed by atoms with Crippen molar-refractivity contribution in [2.75, 3.05) is 6.61 Å². The molecule has 6 nitrogen and oxygen atoms in total. The molecule has 0 fully saturated rings. The SMILES string of the molecule is CCCCCCCCCCCCCCCCCCCC(CC(=O)NC(CO)C(O)CCCCCCCCCCCCCCCCCCC)OC(=O)CCCCCCCCCCC. The Hall–Kier alpha value is -1.14. The maximum absolute atomic E-state index is 13.2. The first-order valence-electron chi connectivity index (χ1n) is 28.3. The van der Waals surface area contributed by atoms with Crippen molar-refractivity contribution in [3.63, 3.8) is 0 Å². The van der Waals surface area contributed by atoms with Crippen LogP contribution in [-0.4, -0.2) is 46.9 Å². The molecule has 0 aliphatic carbocycles. The summed E-state index contributed by atoms with van der Waals surface area (Å²) >= 11 is 0. The average molecular weight is 879 g/mol. The smallest absolute Gasteiger partial charge is 0.306 e. The number of carbonyl (C=O) groups is 2. The third-order valence-corrected chi connectivity index (χ3v) is 13.4. The fraction of sp³-hybridized carbons (Fsp3) is 0.964. The molecule has 370 valence electrons. The Bertz CT molecular complexity index is 898. The quantitative estimate of drug-likeness (QED) is 0.0418. The second kappa shape index (κ2) is 50.9. The van der Waals surface area contributed by atoms with E-state index in [9.17, 15) is 19.8 Å². The Kier molecular flexibility index (Phi) is 49.9. The van der Waals surface area contributed by atoms with E-state index in [1.165, 1.54) is 231 Å². The van der Waals surface area contributed by atoms with Crippen LogP contribution >= 0.6 is 0 Å². The highest BCUT2D eigenvalue weighted by Gasteiger charge is 2.24. The number of aliphatic hydroxyl groups is 2. The number of amides is 1. The Morgan fingerprint density at radius 3 is 0.984 bits per heavy atom.